The Labute approximate surface area is 170 Å². The lowest BCUT2D eigenvalue weighted by atomic mass is 9.96. The summed E-state index contributed by atoms with van der Waals surface area (Å²) < 4.78 is 29.8. The van der Waals surface area contributed by atoms with Gasteiger partial charge in [-0.1, -0.05) is 48.5 Å². The Hall–Kier alpha value is -1.80. The summed E-state index contributed by atoms with van der Waals surface area (Å²) in [5, 5.41) is 11.0. The molecule has 0 unspecified atom stereocenters. The average molecular weight is 398 g/mol. The molecule has 0 saturated carbocycles. The molecule has 0 spiro atoms. The fourth-order valence-corrected chi connectivity index (χ4v) is 4.58. The van der Waals surface area contributed by atoms with Crippen molar-refractivity contribution < 1.29 is 28.8 Å². The molecule has 5 atom stereocenters. The van der Waals surface area contributed by atoms with Gasteiger partial charge in [0.1, 0.15) is 30.5 Å². The van der Waals surface area contributed by atoms with E-state index in [0.29, 0.717) is 6.61 Å². The molecular formula is C23H26O6. The van der Waals surface area contributed by atoms with E-state index in [2.05, 4.69) is 24.3 Å². The largest absolute Gasteiger partial charge is 0.385 e. The molecule has 0 amide bonds. The van der Waals surface area contributed by atoms with Gasteiger partial charge in [-0.2, -0.15) is 0 Å². The number of aliphatic hydroxyl groups excluding tert-OH is 1. The Bertz CT molecular complexity index is 851. The van der Waals surface area contributed by atoms with Crippen molar-refractivity contribution in [1.82, 2.24) is 0 Å². The van der Waals surface area contributed by atoms with Gasteiger partial charge in [-0.05, 0) is 36.1 Å². The molecule has 2 aromatic carbocycles. The van der Waals surface area contributed by atoms with E-state index < -0.39 is 30.4 Å². The number of hydrogen-bond acceptors (Lipinski definition) is 6. The van der Waals surface area contributed by atoms with E-state index in [-0.39, 0.29) is 12.2 Å². The van der Waals surface area contributed by atoms with Crippen molar-refractivity contribution in [2.45, 2.75) is 56.4 Å². The molecule has 0 radical (unpaired) electrons. The second-order valence-electron chi connectivity index (χ2n) is 8.22. The molecule has 6 nitrogen and oxygen atoms in total. The molecule has 5 rings (SSSR count). The van der Waals surface area contributed by atoms with Crippen molar-refractivity contribution in [3.63, 3.8) is 0 Å². The first-order valence-corrected chi connectivity index (χ1v) is 10.0. The molecule has 2 aliphatic heterocycles. The fraction of sp³-hybridized carbons (Fsp3) is 0.478. The Morgan fingerprint density at radius 2 is 1.62 bits per heavy atom. The lowest BCUT2D eigenvalue weighted by Gasteiger charge is -2.50. The first-order chi connectivity index (χ1) is 14.0. The van der Waals surface area contributed by atoms with Gasteiger partial charge in [0.15, 0.2) is 12.1 Å². The van der Waals surface area contributed by atoms with Crippen molar-refractivity contribution in [1.29, 1.82) is 0 Å². The average Bonchev–Trinajstić information content (AvgIpc) is 3.04. The molecule has 1 N–H and O–H groups in total. The minimum Gasteiger partial charge on any atom is -0.385 e. The smallest absolute Gasteiger partial charge is 0.186 e. The van der Waals surface area contributed by atoms with Crippen LogP contribution in [0.4, 0.5) is 0 Å². The van der Waals surface area contributed by atoms with Crippen LogP contribution in [0.25, 0.3) is 11.1 Å². The number of methoxy groups -OCH3 is 1. The van der Waals surface area contributed by atoms with Gasteiger partial charge in [-0.25, -0.2) is 0 Å². The van der Waals surface area contributed by atoms with E-state index >= 15 is 0 Å². The van der Waals surface area contributed by atoms with Gasteiger partial charge in [0.2, 0.25) is 0 Å². The van der Waals surface area contributed by atoms with Gasteiger partial charge >= 0.3 is 0 Å². The summed E-state index contributed by atoms with van der Waals surface area (Å²) in [4.78, 5) is 0. The predicted molar refractivity (Wildman–Crippen MR) is 105 cm³/mol. The highest BCUT2D eigenvalue weighted by Gasteiger charge is 2.53. The highest BCUT2D eigenvalue weighted by atomic mass is 16.8. The highest BCUT2D eigenvalue weighted by molar-refractivity contribution is 5.78. The quantitative estimate of drug-likeness (QED) is 0.857. The maximum absolute atomic E-state index is 11.0. The zero-order valence-corrected chi connectivity index (χ0v) is 16.8. The topological polar surface area (TPSA) is 66.4 Å². The minimum atomic E-state index is -0.991. The monoisotopic (exact) mass is 398 g/mol. The first-order valence-electron chi connectivity index (χ1n) is 10.0. The van der Waals surface area contributed by atoms with Gasteiger partial charge in [-0.3, -0.25) is 0 Å². The molecule has 2 aromatic rings. The zero-order chi connectivity index (χ0) is 20.2. The number of ether oxygens (including phenoxy) is 5. The SMILES string of the molecule is CO[C@H]1O[C@@H]2COC(C)(C)O[C@H]2[C@H](OC2c3ccccc3-c3ccccc32)[C@@H]1O. The molecule has 154 valence electrons. The Morgan fingerprint density at radius 3 is 2.24 bits per heavy atom. The molecular weight excluding hydrogens is 372 g/mol. The van der Waals surface area contributed by atoms with Crippen LogP contribution in [-0.2, 0) is 23.7 Å². The van der Waals surface area contributed by atoms with Crippen LogP contribution in [-0.4, -0.2) is 55.3 Å². The summed E-state index contributed by atoms with van der Waals surface area (Å²) in [7, 11) is 1.51. The molecule has 2 heterocycles. The number of benzene rings is 2. The van der Waals surface area contributed by atoms with Crippen molar-refractivity contribution >= 4 is 0 Å². The van der Waals surface area contributed by atoms with E-state index in [1.165, 1.54) is 7.11 Å². The third kappa shape index (κ3) is 3.20. The van der Waals surface area contributed by atoms with Crippen LogP contribution >= 0.6 is 0 Å². The molecule has 29 heavy (non-hydrogen) atoms. The predicted octanol–water partition coefficient (Wildman–Crippen LogP) is 3.03. The van der Waals surface area contributed by atoms with Crippen molar-refractivity contribution in [2.24, 2.45) is 0 Å². The summed E-state index contributed by atoms with van der Waals surface area (Å²) in [5.41, 5.74) is 4.49. The summed E-state index contributed by atoms with van der Waals surface area (Å²) in [6, 6.07) is 16.4. The number of aliphatic hydroxyl groups is 1. The minimum absolute atomic E-state index is 0.298. The lowest BCUT2D eigenvalue weighted by Crippen LogP contribution is -2.65. The Kier molecular flexibility index (Phi) is 4.74. The van der Waals surface area contributed by atoms with Crippen molar-refractivity contribution in [3.05, 3.63) is 59.7 Å². The van der Waals surface area contributed by atoms with Crippen LogP contribution in [0.2, 0.25) is 0 Å². The molecule has 3 aliphatic rings. The summed E-state index contributed by atoms with van der Waals surface area (Å²) in [5.74, 6) is -0.781. The third-order valence-electron chi connectivity index (χ3n) is 5.93. The zero-order valence-electron chi connectivity index (χ0n) is 16.8. The van der Waals surface area contributed by atoms with Crippen molar-refractivity contribution in [3.8, 4) is 11.1 Å². The van der Waals surface area contributed by atoms with E-state index in [4.69, 9.17) is 23.7 Å². The fourth-order valence-electron chi connectivity index (χ4n) is 4.58. The highest BCUT2D eigenvalue weighted by Crippen LogP contribution is 2.47. The Morgan fingerprint density at radius 1 is 1.00 bits per heavy atom. The number of hydrogen-bond donors (Lipinski definition) is 1. The van der Waals surface area contributed by atoms with E-state index in [1.54, 1.807) is 0 Å². The van der Waals surface area contributed by atoms with Gasteiger partial charge in [0.05, 0.1) is 6.61 Å². The van der Waals surface area contributed by atoms with Crippen LogP contribution in [0, 0.1) is 0 Å². The number of rotatable bonds is 3. The van der Waals surface area contributed by atoms with Crippen LogP contribution in [0.15, 0.2) is 48.5 Å². The van der Waals surface area contributed by atoms with Crippen molar-refractivity contribution in [2.75, 3.05) is 13.7 Å². The van der Waals surface area contributed by atoms with Crippen LogP contribution in [0.3, 0.4) is 0 Å². The van der Waals surface area contributed by atoms with Gasteiger partial charge in [0.25, 0.3) is 0 Å². The standard InChI is InChI=1S/C23H26O6/c1-23(2)26-12-17-20(29-23)21(18(24)22(25-3)27-17)28-19-15-10-6-4-8-13(15)14-9-5-7-11-16(14)19/h4-11,17-22,24H,12H2,1-3H3/t17-,18+,20-,21-,22+/m1/s1. The molecule has 2 saturated heterocycles. The van der Waals surface area contributed by atoms with Gasteiger partial charge in [0, 0.05) is 7.11 Å². The maximum atomic E-state index is 11.0. The lowest BCUT2D eigenvalue weighted by molar-refractivity contribution is -0.385. The summed E-state index contributed by atoms with van der Waals surface area (Å²) in [6.07, 6.45) is -3.58. The molecule has 1 aliphatic carbocycles. The summed E-state index contributed by atoms with van der Waals surface area (Å²) in [6.45, 7) is 4.06. The maximum Gasteiger partial charge on any atom is 0.186 e. The number of fused-ring (bicyclic) bond motifs is 4. The molecule has 0 aromatic heterocycles. The molecule has 2 fully saturated rings. The van der Waals surface area contributed by atoms with Crippen LogP contribution in [0.5, 0.6) is 0 Å². The van der Waals surface area contributed by atoms with Gasteiger partial charge in [-0.15, -0.1) is 0 Å². The van der Waals surface area contributed by atoms with E-state index in [0.717, 1.165) is 22.3 Å². The first kappa shape index (κ1) is 19.2. The van der Waals surface area contributed by atoms with E-state index in [1.807, 2.05) is 38.1 Å². The summed E-state index contributed by atoms with van der Waals surface area (Å²) >= 11 is 0. The van der Waals surface area contributed by atoms with E-state index in [9.17, 15) is 5.11 Å². The normalized spacial score (nSPS) is 33.0. The molecule has 6 heteroatoms. The van der Waals surface area contributed by atoms with Gasteiger partial charge < -0.3 is 28.8 Å². The molecule has 0 bridgehead atoms. The second-order valence-corrected chi connectivity index (χ2v) is 8.22. The second kappa shape index (κ2) is 7.16. The third-order valence-corrected chi connectivity index (χ3v) is 5.93. The Balaban J connectivity index is 1.52. The van der Waals surface area contributed by atoms with Crippen LogP contribution in [0.1, 0.15) is 31.1 Å². The van der Waals surface area contributed by atoms with Crippen LogP contribution < -0.4 is 0 Å².